The molecule has 2 aromatic carbocycles. The minimum Gasteiger partial charge on any atom is -0.489 e. The molecule has 0 saturated carbocycles. The van der Waals surface area contributed by atoms with Crippen molar-refractivity contribution < 1.29 is 18.3 Å². The molecule has 0 aliphatic heterocycles. The largest absolute Gasteiger partial charge is 0.489 e. The van der Waals surface area contributed by atoms with Crippen LogP contribution in [0.3, 0.4) is 0 Å². The van der Waals surface area contributed by atoms with Crippen molar-refractivity contribution in [2.45, 2.75) is 52.3 Å². The quantitative estimate of drug-likeness (QED) is 0.286. The van der Waals surface area contributed by atoms with E-state index in [1.54, 1.807) is 0 Å². The maximum atomic E-state index is 13.1. The van der Waals surface area contributed by atoms with Crippen LogP contribution in [-0.4, -0.2) is 13.2 Å². The Balaban J connectivity index is 1.92. The van der Waals surface area contributed by atoms with E-state index in [2.05, 4.69) is 13.8 Å². The summed E-state index contributed by atoms with van der Waals surface area (Å²) in [6.07, 6.45) is 4.06. The normalized spacial score (nSPS) is 11.5. The molecule has 148 valence electrons. The van der Waals surface area contributed by atoms with Gasteiger partial charge in [0.15, 0.2) is 0 Å². The van der Waals surface area contributed by atoms with Crippen molar-refractivity contribution in [3.63, 3.8) is 0 Å². The summed E-state index contributed by atoms with van der Waals surface area (Å²) in [5.74, 6) is 0.788. The monoisotopic (exact) mass is 390 g/mol. The van der Waals surface area contributed by atoms with Crippen LogP contribution in [0, 0.1) is 0 Å². The highest BCUT2D eigenvalue weighted by Gasteiger charge is 2.25. The van der Waals surface area contributed by atoms with Crippen LogP contribution < -0.4 is 4.74 Å². The Labute approximate surface area is 163 Å². The lowest BCUT2D eigenvalue weighted by molar-refractivity contribution is 0.199. The fourth-order valence-electron chi connectivity index (χ4n) is 2.48. The van der Waals surface area contributed by atoms with Gasteiger partial charge < -0.3 is 13.8 Å². The van der Waals surface area contributed by atoms with Crippen LogP contribution >= 0.6 is 7.60 Å². The minimum atomic E-state index is -3.12. The Morgan fingerprint density at radius 2 is 1.37 bits per heavy atom. The molecule has 0 heterocycles. The fraction of sp³-hybridized carbons (Fsp3) is 0.455. The molecule has 0 atom stereocenters. The van der Waals surface area contributed by atoms with Gasteiger partial charge in [0.05, 0.1) is 19.4 Å². The van der Waals surface area contributed by atoms with Crippen molar-refractivity contribution in [3.8, 4) is 5.75 Å². The molecule has 0 spiro atoms. The van der Waals surface area contributed by atoms with Gasteiger partial charge in [-0.25, -0.2) is 0 Å². The smallest absolute Gasteiger partial charge is 0.335 e. The summed E-state index contributed by atoms with van der Waals surface area (Å²) in [5, 5.41) is 0. The van der Waals surface area contributed by atoms with Gasteiger partial charge in [-0.05, 0) is 36.1 Å². The summed E-state index contributed by atoms with van der Waals surface area (Å²) in [5.41, 5.74) is 2.05. The average Bonchev–Trinajstić information content (AvgIpc) is 2.69. The molecule has 2 aromatic rings. The fourth-order valence-corrected chi connectivity index (χ4v) is 4.21. The Hall–Kier alpha value is -1.61. The van der Waals surface area contributed by atoms with Gasteiger partial charge in [0, 0.05) is 0 Å². The second-order valence-corrected chi connectivity index (χ2v) is 8.62. The Kier molecular flexibility index (Phi) is 9.61. The molecule has 0 N–H and O–H groups in total. The third-order valence-electron chi connectivity index (χ3n) is 4.12. The Morgan fingerprint density at radius 3 is 1.93 bits per heavy atom. The lowest BCUT2D eigenvalue weighted by Gasteiger charge is -2.19. The molecule has 0 radical (unpaired) electrons. The van der Waals surface area contributed by atoms with Gasteiger partial charge in [-0.2, -0.15) is 0 Å². The zero-order valence-electron chi connectivity index (χ0n) is 16.4. The Bertz CT molecular complexity index is 671. The predicted molar refractivity (Wildman–Crippen MR) is 110 cm³/mol. The lowest BCUT2D eigenvalue weighted by Crippen LogP contribution is -2.02. The lowest BCUT2D eigenvalue weighted by atomic mass is 10.2. The van der Waals surface area contributed by atoms with Crippen molar-refractivity contribution in [1.82, 2.24) is 0 Å². The summed E-state index contributed by atoms with van der Waals surface area (Å²) >= 11 is 0. The second kappa shape index (κ2) is 12.0. The van der Waals surface area contributed by atoms with Gasteiger partial charge in [0.2, 0.25) is 0 Å². The van der Waals surface area contributed by atoms with E-state index < -0.39 is 7.60 Å². The molecule has 0 aromatic heterocycles. The molecule has 27 heavy (non-hydrogen) atoms. The second-order valence-electron chi connectivity index (χ2n) is 6.56. The summed E-state index contributed by atoms with van der Waals surface area (Å²) < 4.78 is 30.2. The van der Waals surface area contributed by atoms with Crippen LogP contribution in [0.2, 0.25) is 0 Å². The van der Waals surface area contributed by atoms with Gasteiger partial charge in [-0.1, -0.05) is 69.2 Å². The summed E-state index contributed by atoms with van der Waals surface area (Å²) in [7, 11) is -3.12. The van der Waals surface area contributed by atoms with Gasteiger partial charge in [0.1, 0.15) is 12.4 Å². The van der Waals surface area contributed by atoms with Gasteiger partial charge in [-0.15, -0.1) is 0 Å². The number of rotatable bonds is 13. The van der Waals surface area contributed by atoms with Gasteiger partial charge >= 0.3 is 7.60 Å². The van der Waals surface area contributed by atoms with Crippen LogP contribution in [0.4, 0.5) is 0 Å². The molecule has 5 heteroatoms. The molecule has 0 aliphatic carbocycles. The van der Waals surface area contributed by atoms with Gasteiger partial charge in [0.25, 0.3) is 0 Å². The first kappa shape index (κ1) is 21.7. The van der Waals surface area contributed by atoms with E-state index in [0.29, 0.717) is 26.0 Å². The van der Waals surface area contributed by atoms with E-state index in [1.807, 2.05) is 54.6 Å². The molecule has 0 aliphatic rings. The van der Waals surface area contributed by atoms with E-state index in [-0.39, 0.29) is 0 Å². The van der Waals surface area contributed by atoms with E-state index in [0.717, 1.165) is 42.6 Å². The molecule has 0 fully saturated rings. The zero-order chi connectivity index (χ0) is 19.4. The van der Waals surface area contributed by atoms with E-state index in [4.69, 9.17) is 13.8 Å². The van der Waals surface area contributed by atoms with Crippen LogP contribution in [0.5, 0.6) is 5.75 Å². The number of unbranched alkanes of at least 4 members (excludes halogenated alkanes) is 2. The van der Waals surface area contributed by atoms with Crippen molar-refractivity contribution in [2.75, 3.05) is 13.2 Å². The van der Waals surface area contributed by atoms with Gasteiger partial charge in [-0.3, -0.25) is 4.57 Å². The molecule has 0 bridgehead atoms. The van der Waals surface area contributed by atoms with Crippen molar-refractivity contribution in [1.29, 1.82) is 0 Å². The first-order chi connectivity index (χ1) is 13.1. The first-order valence-electron chi connectivity index (χ1n) is 9.79. The number of benzene rings is 2. The van der Waals surface area contributed by atoms with Crippen molar-refractivity contribution in [3.05, 3.63) is 65.7 Å². The third kappa shape index (κ3) is 8.30. The molecular formula is C22H31O4P. The summed E-state index contributed by atoms with van der Waals surface area (Å²) in [6, 6.07) is 17.7. The number of hydrogen-bond donors (Lipinski definition) is 0. The van der Waals surface area contributed by atoms with Crippen LogP contribution in [0.1, 0.15) is 50.7 Å². The van der Waals surface area contributed by atoms with Crippen LogP contribution in [0.25, 0.3) is 0 Å². The van der Waals surface area contributed by atoms with Crippen LogP contribution in [-0.2, 0) is 26.4 Å². The standard InChI is InChI=1S/C22H31O4P/c1-3-5-16-25-27(23,26-17-6-4-2)19-21-12-14-22(15-13-21)24-18-20-10-8-7-9-11-20/h7-15H,3-6,16-19H2,1-2H3. The molecule has 2 rings (SSSR count). The predicted octanol–water partition coefficient (Wildman–Crippen LogP) is 6.59. The van der Waals surface area contributed by atoms with E-state index in [9.17, 15) is 4.57 Å². The third-order valence-corrected chi connectivity index (χ3v) is 6.02. The maximum absolute atomic E-state index is 13.1. The Morgan fingerprint density at radius 1 is 0.778 bits per heavy atom. The SMILES string of the molecule is CCCCOP(=O)(Cc1ccc(OCc2ccccc2)cc1)OCCCC. The highest BCUT2D eigenvalue weighted by molar-refractivity contribution is 7.53. The molecule has 0 saturated heterocycles. The van der Waals surface area contributed by atoms with Crippen molar-refractivity contribution in [2.24, 2.45) is 0 Å². The highest BCUT2D eigenvalue weighted by Crippen LogP contribution is 2.51. The van der Waals surface area contributed by atoms with E-state index in [1.165, 1.54) is 0 Å². The average molecular weight is 390 g/mol. The molecule has 4 nitrogen and oxygen atoms in total. The van der Waals surface area contributed by atoms with Crippen LogP contribution in [0.15, 0.2) is 54.6 Å². The minimum absolute atomic E-state index is 0.291. The highest BCUT2D eigenvalue weighted by atomic mass is 31.2. The zero-order valence-corrected chi connectivity index (χ0v) is 17.3. The maximum Gasteiger partial charge on any atom is 0.335 e. The number of ether oxygens (including phenoxy) is 1. The number of hydrogen-bond acceptors (Lipinski definition) is 4. The molecule has 0 amide bonds. The molecule has 0 unspecified atom stereocenters. The first-order valence-corrected chi connectivity index (χ1v) is 11.5. The summed E-state index contributed by atoms with van der Waals surface area (Å²) in [6.45, 7) is 5.63. The summed E-state index contributed by atoms with van der Waals surface area (Å²) in [4.78, 5) is 0. The van der Waals surface area contributed by atoms with Crippen molar-refractivity contribution >= 4 is 7.60 Å². The topological polar surface area (TPSA) is 44.8 Å². The van der Waals surface area contributed by atoms with E-state index >= 15 is 0 Å². The molecular weight excluding hydrogens is 359 g/mol.